The van der Waals surface area contributed by atoms with Crippen LogP contribution in [0, 0.1) is 28.6 Å². The molecular formula is C19H20N4O. The van der Waals surface area contributed by atoms with E-state index < -0.39 is 5.54 Å². The molecule has 122 valence electrons. The van der Waals surface area contributed by atoms with Crippen molar-refractivity contribution in [2.45, 2.75) is 50.6 Å². The van der Waals surface area contributed by atoms with Gasteiger partial charge in [-0.2, -0.15) is 15.6 Å². The smallest absolute Gasteiger partial charge is 0.230 e. The highest BCUT2D eigenvalue weighted by Crippen LogP contribution is 2.49. The quantitative estimate of drug-likeness (QED) is 0.779. The van der Waals surface area contributed by atoms with Crippen molar-refractivity contribution in [3.8, 4) is 12.1 Å². The Hall–Kier alpha value is -2.66. The molecule has 2 heterocycles. The van der Waals surface area contributed by atoms with Gasteiger partial charge in [0.25, 0.3) is 0 Å². The lowest BCUT2D eigenvalue weighted by Gasteiger charge is -2.33. The fourth-order valence-corrected chi connectivity index (χ4v) is 3.72. The van der Waals surface area contributed by atoms with Crippen LogP contribution in [0.15, 0.2) is 29.4 Å². The second-order valence-corrected chi connectivity index (χ2v) is 6.48. The highest BCUT2D eigenvalue weighted by molar-refractivity contribution is 5.87. The van der Waals surface area contributed by atoms with Gasteiger partial charge in [0.05, 0.1) is 12.3 Å². The Kier molecular flexibility index (Phi) is 4.36. The van der Waals surface area contributed by atoms with Crippen molar-refractivity contribution in [3.63, 3.8) is 0 Å². The molecular weight excluding hydrogens is 300 g/mol. The van der Waals surface area contributed by atoms with Crippen LogP contribution in [-0.2, 0) is 4.79 Å². The molecule has 2 aliphatic heterocycles. The van der Waals surface area contributed by atoms with Crippen molar-refractivity contribution in [3.05, 3.63) is 35.4 Å². The molecule has 0 spiro atoms. The third kappa shape index (κ3) is 2.47. The van der Waals surface area contributed by atoms with Crippen LogP contribution in [0.3, 0.4) is 0 Å². The van der Waals surface area contributed by atoms with E-state index in [1.165, 1.54) is 0 Å². The number of Topliss-reactive ketones (excluding diaryl/α,β-unsaturated/α-hetero) is 1. The minimum absolute atomic E-state index is 0.137. The molecule has 24 heavy (non-hydrogen) atoms. The third-order valence-electron chi connectivity index (χ3n) is 5.00. The number of unbranched alkanes of at least 4 members (excludes halogenated alkanes) is 2. The molecule has 0 bridgehead atoms. The van der Waals surface area contributed by atoms with Crippen LogP contribution in [0.4, 0.5) is 0 Å². The first kappa shape index (κ1) is 16.2. The number of nitriles is 2. The van der Waals surface area contributed by atoms with Gasteiger partial charge in [-0.3, -0.25) is 9.80 Å². The van der Waals surface area contributed by atoms with E-state index in [4.69, 9.17) is 0 Å². The normalized spacial score (nSPS) is 23.0. The summed E-state index contributed by atoms with van der Waals surface area (Å²) in [6.45, 7) is 2.10. The lowest BCUT2D eigenvalue weighted by Crippen LogP contribution is -2.40. The first-order valence-electron chi connectivity index (χ1n) is 8.44. The van der Waals surface area contributed by atoms with Crippen molar-refractivity contribution >= 4 is 12.0 Å². The van der Waals surface area contributed by atoms with Gasteiger partial charge in [-0.05, 0) is 17.5 Å². The maximum Gasteiger partial charge on any atom is 0.230 e. The summed E-state index contributed by atoms with van der Waals surface area (Å²) in [6, 6.07) is 11.7. The topological polar surface area (TPSA) is 80.2 Å². The van der Waals surface area contributed by atoms with Crippen LogP contribution < -0.4 is 0 Å². The molecule has 0 saturated carbocycles. The molecule has 0 aromatic heterocycles. The van der Waals surface area contributed by atoms with Gasteiger partial charge < -0.3 is 0 Å². The highest BCUT2D eigenvalue weighted by Gasteiger charge is 2.56. The maximum atomic E-state index is 12.8. The molecule has 1 unspecified atom stereocenters. The lowest BCUT2D eigenvalue weighted by atomic mass is 9.84. The van der Waals surface area contributed by atoms with Gasteiger partial charge in [0.1, 0.15) is 17.9 Å². The van der Waals surface area contributed by atoms with Gasteiger partial charge in [-0.1, -0.05) is 44.0 Å². The van der Waals surface area contributed by atoms with E-state index in [0.717, 1.165) is 30.4 Å². The fraction of sp³-hybridized carbons (Fsp3) is 0.474. The highest BCUT2D eigenvalue weighted by atomic mass is 16.1. The summed E-state index contributed by atoms with van der Waals surface area (Å²) >= 11 is 0. The molecule has 0 N–H and O–H groups in total. The Labute approximate surface area is 142 Å². The Morgan fingerprint density at radius 1 is 1.33 bits per heavy atom. The van der Waals surface area contributed by atoms with E-state index in [9.17, 15) is 15.3 Å². The SMILES string of the molecule is CCCCCC(=O)[C@@H]1CC(C#N)(C#N)N2N=Cc3ccccc3C12. The Morgan fingerprint density at radius 2 is 2.08 bits per heavy atom. The molecule has 1 aromatic carbocycles. The number of hydrogen-bond acceptors (Lipinski definition) is 5. The van der Waals surface area contributed by atoms with Crippen molar-refractivity contribution < 1.29 is 4.79 Å². The van der Waals surface area contributed by atoms with Gasteiger partial charge in [0, 0.05) is 18.8 Å². The van der Waals surface area contributed by atoms with Crippen LogP contribution in [0.5, 0.6) is 0 Å². The molecule has 0 radical (unpaired) electrons. The molecule has 3 rings (SSSR count). The van der Waals surface area contributed by atoms with Gasteiger partial charge in [-0.15, -0.1) is 0 Å². The molecule has 2 aliphatic rings. The van der Waals surface area contributed by atoms with Crippen LogP contribution in [-0.4, -0.2) is 22.5 Å². The molecule has 1 saturated heterocycles. The van der Waals surface area contributed by atoms with E-state index in [1.54, 1.807) is 11.2 Å². The maximum absolute atomic E-state index is 12.8. The zero-order valence-electron chi connectivity index (χ0n) is 13.8. The van der Waals surface area contributed by atoms with Gasteiger partial charge in [-0.25, -0.2) is 0 Å². The predicted molar refractivity (Wildman–Crippen MR) is 89.8 cm³/mol. The second kappa shape index (κ2) is 6.45. The van der Waals surface area contributed by atoms with Crippen LogP contribution >= 0.6 is 0 Å². The van der Waals surface area contributed by atoms with Crippen LogP contribution in [0.1, 0.15) is 56.2 Å². The third-order valence-corrected chi connectivity index (χ3v) is 5.00. The summed E-state index contributed by atoms with van der Waals surface area (Å²) < 4.78 is 0. The van der Waals surface area contributed by atoms with Crippen LogP contribution in [0.2, 0.25) is 0 Å². The van der Waals surface area contributed by atoms with Crippen molar-refractivity contribution in [2.24, 2.45) is 11.0 Å². The summed E-state index contributed by atoms with van der Waals surface area (Å²) in [5.41, 5.74) is 0.574. The first-order chi connectivity index (χ1) is 11.7. The molecule has 1 aromatic rings. The fourth-order valence-electron chi connectivity index (χ4n) is 3.72. The number of nitrogens with zero attached hydrogens (tertiary/aromatic N) is 4. The van der Waals surface area contributed by atoms with E-state index in [2.05, 4.69) is 24.2 Å². The molecule has 0 amide bonds. The molecule has 1 fully saturated rings. The largest absolute Gasteiger partial charge is 0.299 e. The zero-order valence-corrected chi connectivity index (χ0v) is 13.8. The Morgan fingerprint density at radius 3 is 2.79 bits per heavy atom. The average molecular weight is 320 g/mol. The second-order valence-electron chi connectivity index (χ2n) is 6.48. The van der Waals surface area contributed by atoms with Crippen molar-refractivity contribution in [1.82, 2.24) is 5.01 Å². The monoisotopic (exact) mass is 320 g/mol. The lowest BCUT2D eigenvalue weighted by molar-refractivity contribution is -0.123. The molecule has 2 atom stereocenters. The average Bonchev–Trinajstić information content (AvgIpc) is 2.97. The van der Waals surface area contributed by atoms with E-state index in [0.29, 0.717) is 6.42 Å². The van der Waals surface area contributed by atoms with Gasteiger partial charge in [0.15, 0.2) is 0 Å². The minimum Gasteiger partial charge on any atom is -0.299 e. The number of carbonyl (C=O) groups is 1. The zero-order chi connectivity index (χ0) is 17.2. The van der Waals surface area contributed by atoms with E-state index >= 15 is 0 Å². The number of benzene rings is 1. The number of hydrogen-bond donors (Lipinski definition) is 0. The predicted octanol–water partition coefficient (Wildman–Crippen LogP) is 3.33. The summed E-state index contributed by atoms with van der Waals surface area (Å²) in [5, 5.41) is 25.2. The Bertz CT molecular complexity index is 741. The van der Waals surface area contributed by atoms with Gasteiger partial charge in [0.2, 0.25) is 5.54 Å². The summed E-state index contributed by atoms with van der Waals surface area (Å²) in [6.07, 6.45) is 5.34. The van der Waals surface area contributed by atoms with Crippen LogP contribution in [0.25, 0.3) is 0 Å². The summed E-state index contributed by atoms with van der Waals surface area (Å²) in [7, 11) is 0. The number of hydrazone groups is 1. The van der Waals surface area contributed by atoms with Gasteiger partial charge >= 0.3 is 0 Å². The minimum atomic E-state index is -1.36. The molecule has 5 nitrogen and oxygen atoms in total. The molecule has 0 aliphatic carbocycles. The van der Waals surface area contributed by atoms with Crippen molar-refractivity contribution in [2.75, 3.05) is 0 Å². The van der Waals surface area contributed by atoms with Crippen molar-refractivity contribution in [1.29, 1.82) is 10.5 Å². The summed E-state index contributed by atoms with van der Waals surface area (Å²) in [4.78, 5) is 12.8. The number of fused-ring (bicyclic) bond motifs is 3. The van der Waals surface area contributed by atoms with E-state index in [1.807, 2.05) is 24.3 Å². The summed E-state index contributed by atoms with van der Waals surface area (Å²) in [5.74, 6) is -0.225. The number of ketones is 1. The first-order valence-corrected chi connectivity index (χ1v) is 8.44. The molecule has 5 heteroatoms. The van der Waals surface area contributed by atoms with E-state index in [-0.39, 0.29) is 24.2 Å². The number of carbonyl (C=O) groups excluding carboxylic acids is 1. The number of rotatable bonds is 5. The Balaban J connectivity index is 1.98. The standard InChI is InChI=1S/C19H20N4O/c1-2-3-4-9-17(24)16-10-19(12-20,13-21)23-18(16)15-8-6-5-7-14(15)11-22-23/h5-8,11,16,18H,2-4,9-10H2,1H3/t16-,18?/m0/s1.